The summed E-state index contributed by atoms with van der Waals surface area (Å²) in [5.41, 5.74) is 3.77. The van der Waals surface area contributed by atoms with Gasteiger partial charge in [-0.2, -0.15) is 0 Å². The maximum Gasteiger partial charge on any atom is 0.407 e. The summed E-state index contributed by atoms with van der Waals surface area (Å²) < 4.78 is 21.6. The van der Waals surface area contributed by atoms with Crippen LogP contribution in [-0.2, 0) is 35.5 Å². The number of nitrogens with one attached hydrogen (secondary N) is 2. The molecule has 0 saturated carbocycles. The molecule has 0 aromatic heterocycles. The number of aromatic hydroxyl groups is 2. The second-order valence-corrected chi connectivity index (χ2v) is 10.7. The molecule has 0 radical (unpaired) electrons. The summed E-state index contributed by atoms with van der Waals surface area (Å²) in [6.45, 7) is 5.13. The van der Waals surface area contributed by atoms with Crippen molar-refractivity contribution in [3.8, 4) is 23.0 Å². The first-order valence-electron chi connectivity index (χ1n) is 14.6. The number of fused-ring (bicyclic) bond motifs is 1. The van der Waals surface area contributed by atoms with E-state index < -0.39 is 18.0 Å². The number of phenolic OH excluding ortho intramolecular Hbond substituents is 2. The van der Waals surface area contributed by atoms with Crippen LogP contribution >= 0.6 is 0 Å². The summed E-state index contributed by atoms with van der Waals surface area (Å²) in [4.78, 5) is 23.2. The molecular formula is C35H38N2O8. The molecule has 0 atom stereocenters. The van der Waals surface area contributed by atoms with Crippen LogP contribution in [0.1, 0.15) is 36.1 Å². The Balaban J connectivity index is 0.000000207. The van der Waals surface area contributed by atoms with Crippen molar-refractivity contribution in [2.75, 3.05) is 13.1 Å². The lowest BCUT2D eigenvalue weighted by Crippen LogP contribution is -2.29. The molecule has 4 aromatic carbocycles. The minimum Gasteiger partial charge on any atom is -0.504 e. The fourth-order valence-corrected chi connectivity index (χ4v) is 4.31. The summed E-state index contributed by atoms with van der Waals surface area (Å²) >= 11 is 0. The number of ether oxygens (including phenoxy) is 4. The number of carbonyl (C=O) groups is 2. The van der Waals surface area contributed by atoms with Crippen LogP contribution in [0.25, 0.3) is 0 Å². The van der Waals surface area contributed by atoms with E-state index in [-0.39, 0.29) is 24.7 Å². The zero-order valence-corrected chi connectivity index (χ0v) is 25.3. The highest BCUT2D eigenvalue weighted by molar-refractivity contribution is 5.67. The standard InChI is InChI=1S/C19H21NO4.C16H17NO4/c1-19(2)23-16-9-8-14(12-17(16)24-19)10-11-20-18(21)22-13-15-6-4-3-5-7-15;18-14-7-6-12(10-15(14)19)8-9-17-16(20)21-11-13-4-2-1-3-5-13/h3-9,12H,10-11,13H2,1-2H3,(H,20,21);1-7,10,18-19H,8-9,11H2,(H,17,20). The van der Waals surface area contributed by atoms with Crippen LogP contribution in [0, 0.1) is 0 Å². The van der Waals surface area contributed by atoms with Crippen molar-refractivity contribution in [1.82, 2.24) is 10.6 Å². The zero-order chi connectivity index (χ0) is 32.1. The fraction of sp³-hybridized carbons (Fsp3) is 0.257. The normalized spacial score (nSPS) is 12.3. The topological polar surface area (TPSA) is 136 Å². The SMILES string of the molecule is CC1(C)Oc2ccc(CCNC(=O)OCc3ccccc3)cc2O1.O=C(NCCc1ccc(O)c(O)c1)OCc1ccccc1. The highest BCUT2D eigenvalue weighted by Gasteiger charge is 2.31. The molecule has 5 rings (SSSR count). The Morgan fingerprint density at radius 2 is 1.11 bits per heavy atom. The predicted octanol–water partition coefficient (Wildman–Crippen LogP) is 6.23. The molecule has 236 valence electrons. The minimum absolute atomic E-state index is 0.158. The Kier molecular flexibility index (Phi) is 11.5. The maximum absolute atomic E-state index is 11.7. The van der Waals surface area contributed by atoms with E-state index in [1.54, 1.807) is 6.07 Å². The van der Waals surface area contributed by atoms with Crippen molar-refractivity contribution in [2.24, 2.45) is 0 Å². The van der Waals surface area contributed by atoms with Gasteiger partial charge in [0, 0.05) is 26.9 Å². The molecule has 45 heavy (non-hydrogen) atoms. The quantitative estimate of drug-likeness (QED) is 0.154. The van der Waals surface area contributed by atoms with Crippen molar-refractivity contribution in [1.29, 1.82) is 0 Å². The van der Waals surface area contributed by atoms with Gasteiger partial charge >= 0.3 is 12.2 Å². The van der Waals surface area contributed by atoms with Crippen LogP contribution in [0.3, 0.4) is 0 Å². The van der Waals surface area contributed by atoms with Crippen LogP contribution in [-0.4, -0.2) is 41.3 Å². The number of hydrogen-bond donors (Lipinski definition) is 4. The highest BCUT2D eigenvalue weighted by Crippen LogP contribution is 2.39. The summed E-state index contributed by atoms with van der Waals surface area (Å²) in [5.74, 6) is 0.539. The molecule has 0 unspecified atom stereocenters. The van der Waals surface area contributed by atoms with Gasteiger partial charge in [0.25, 0.3) is 0 Å². The van der Waals surface area contributed by atoms with Crippen LogP contribution < -0.4 is 20.1 Å². The number of amides is 2. The lowest BCUT2D eigenvalue weighted by atomic mass is 10.1. The van der Waals surface area contributed by atoms with Crippen LogP contribution in [0.15, 0.2) is 97.1 Å². The van der Waals surface area contributed by atoms with E-state index in [4.69, 9.17) is 18.9 Å². The molecule has 10 nitrogen and oxygen atoms in total. The largest absolute Gasteiger partial charge is 0.504 e. The van der Waals surface area contributed by atoms with Crippen molar-refractivity contribution >= 4 is 12.2 Å². The Labute approximate surface area is 262 Å². The fourth-order valence-electron chi connectivity index (χ4n) is 4.31. The highest BCUT2D eigenvalue weighted by atomic mass is 16.7. The molecular weight excluding hydrogens is 576 g/mol. The Morgan fingerprint density at radius 3 is 1.64 bits per heavy atom. The summed E-state index contributed by atoms with van der Waals surface area (Å²) in [6, 6.07) is 29.4. The van der Waals surface area contributed by atoms with Gasteiger partial charge in [0.2, 0.25) is 5.79 Å². The van der Waals surface area contributed by atoms with Crippen molar-refractivity contribution in [3.05, 3.63) is 119 Å². The molecule has 1 heterocycles. The zero-order valence-electron chi connectivity index (χ0n) is 25.3. The average Bonchev–Trinajstić information content (AvgIpc) is 3.35. The van der Waals surface area contributed by atoms with Gasteiger partial charge in [-0.05, 0) is 59.4 Å². The van der Waals surface area contributed by atoms with Gasteiger partial charge in [0.1, 0.15) is 13.2 Å². The van der Waals surface area contributed by atoms with Gasteiger partial charge in [-0.25, -0.2) is 9.59 Å². The molecule has 0 aliphatic carbocycles. The molecule has 0 spiro atoms. The molecule has 0 fully saturated rings. The molecule has 1 aliphatic rings. The second-order valence-electron chi connectivity index (χ2n) is 10.7. The minimum atomic E-state index is -0.625. The lowest BCUT2D eigenvalue weighted by molar-refractivity contribution is -0.0431. The Morgan fingerprint density at radius 1 is 0.622 bits per heavy atom. The molecule has 4 aromatic rings. The first-order chi connectivity index (χ1) is 21.7. The van der Waals surface area contributed by atoms with Crippen molar-refractivity contribution in [2.45, 2.75) is 45.7 Å². The number of rotatable bonds is 10. The number of phenols is 2. The molecule has 10 heteroatoms. The lowest BCUT2D eigenvalue weighted by Gasteiger charge is -2.16. The van der Waals surface area contributed by atoms with Gasteiger partial charge in [-0.15, -0.1) is 0 Å². The monoisotopic (exact) mass is 614 g/mol. The van der Waals surface area contributed by atoms with E-state index >= 15 is 0 Å². The first-order valence-corrected chi connectivity index (χ1v) is 14.6. The van der Waals surface area contributed by atoms with Gasteiger partial charge < -0.3 is 39.8 Å². The summed E-state index contributed by atoms with van der Waals surface area (Å²) in [5, 5.41) is 23.9. The van der Waals surface area contributed by atoms with E-state index in [2.05, 4.69) is 10.6 Å². The number of carbonyl (C=O) groups excluding carboxylic acids is 2. The third-order valence-electron chi connectivity index (χ3n) is 6.55. The van der Waals surface area contributed by atoms with Gasteiger partial charge in [-0.3, -0.25) is 0 Å². The van der Waals surface area contributed by atoms with Gasteiger partial charge in [0.05, 0.1) is 0 Å². The second kappa shape index (κ2) is 15.9. The third kappa shape index (κ3) is 11.0. The van der Waals surface area contributed by atoms with Crippen molar-refractivity contribution in [3.63, 3.8) is 0 Å². The average molecular weight is 615 g/mol. The number of hydrogen-bond acceptors (Lipinski definition) is 8. The number of alkyl carbamates (subject to hydrolysis) is 2. The van der Waals surface area contributed by atoms with E-state index in [0.717, 1.165) is 33.8 Å². The van der Waals surface area contributed by atoms with Crippen LogP contribution in [0.4, 0.5) is 9.59 Å². The molecule has 2 amide bonds. The Hall–Kier alpha value is -5.38. The smallest absolute Gasteiger partial charge is 0.407 e. The molecule has 0 bridgehead atoms. The maximum atomic E-state index is 11.7. The van der Waals surface area contributed by atoms with Crippen LogP contribution in [0.2, 0.25) is 0 Å². The van der Waals surface area contributed by atoms with Crippen molar-refractivity contribution < 1.29 is 38.7 Å². The molecule has 4 N–H and O–H groups in total. The predicted molar refractivity (Wildman–Crippen MR) is 168 cm³/mol. The molecule has 0 saturated heterocycles. The summed E-state index contributed by atoms with van der Waals surface area (Å²) in [7, 11) is 0. The van der Waals surface area contributed by atoms with E-state index in [0.29, 0.717) is 25.9 Å². The van der Waals surface area contributed by atoms with E-state index in [9.17, 15) is 19.8 Å². The molecule has 1 aliphatic heterocycles. The van der Waals surface area contributed by atoms with E-state index in [1.807, 2.05) is 92.7 Å². The Bertz CT molecular complexity index is 1540. The van der Waals surface area contributed by atoms with E-state index in [1.165, 1.54) is 12.1 Å². The third-order valence-corrected chi connectivity index (χ3v) is 6.55. The van der Waals surface area contributed by atoms with Gasteiger partial charge in [0.15, 0.2) is 23.0 Å². The van der Waals surface area contributed by atoms with Gasteiger partial charge in [-0.1, -0.05) is 72.8 Å². The first kappa shape index (κ1) is 32.5. The van der Waals surface area contributed by atoms with Crippen LogP contribution in [0.5, 0.6) is 23.0 Å². The summed E-state index contributed by atoms with van der Waals surface area (Å²) in [6.07, 6.45) is 0.328. The number of benzene rings is 4.